The number of oxazole rings is 1. The molecule has 2 N–H and O–H groups in total. The second kappa shape index (κ2) is 10.4. The van der Waals surface area contributed by atoms with Crippen LogP contribution < -0.4 is 10.6 Å². The minimum atomic E-state index is -6.26. The second-order valence-electron chi connectivity index (χ2n) is 8.64. The van der Waals surface area contributed by atoms with E-state index in [0.717, 1.165) is 31.6 Å². The molecule has 6 nitrogen and oxygen atoms in total. The minimum Gasteiger partial charge on any atom is -0.443 e. The fraction of sp³-hybridized carbons (Fsp3) is 0.192. The van der Waals surface area contributed by atoms with Crippen molar-refractivity contribution in [3.63, 3.8) is 0 Å². The highest BCUT2D eigenvalue weighted by molar-refractivity contribution is 7.14. The Bertz CT molecular complexity index is 1520. The molecule has 0 fully saturated rings. The van der Waals surface area contributed by atoms with E-state index in [2.05, 4.69) is 15.6 Å². The molecule has 2 heterocycles. The molecule has 4 aromatic rings. The van der Waals surface area contributed by atoms with Crippen molar-refractivity contribution in [1.82, 2.24) is 4.98 Å². The third kappa shape index (κ3) is 5.30. The predicted molar refractivity (Wildman–Crippen MR) is 133 cm³/mol. The van der Waals surface area contributed by atoms with Gasteiger partial charge in [-0.15, -0.1) is 11.3 Å². The molecule has 14 heteroatoms. The Morgan fingerprint density at radius 1 is 0.850 bits per heavy atom. The van der Waals surface area contributed by atoms with Crippen LogP contribution >= 0.6 is 11.3 Å². The zero-order valence-electron chi connectivity index (χ0n) is 20.5. The van der Waals surface area contributed by atoms with Gasteiger partial charge in [-0.05, 0) is 31.0 Å². The number of nitrogens with one attached hydrogen (secondary N) is 2. The Morgan fingerprint density at radius 3 is 2.02 bits per heavy atom. The van der Waals surface area contributed by atoms with Gasteiger partial charge in [0.05, 0.1) is 10.6 Å². The summed E-state index contributed by atoms with van der Waals surface area (Å²) in [5.41, 5.74) is -7.12. The number of thiophene rings is 1. The van der Waals surface area contributed by atoms with Gasteiger partial charge < -0.3 is 15.1 Å². The van der Waals surface area contributed by atoms with Crippen LogP contribution in [-0.4, -0.2) is 29.2 Å². The molecule has 2 aromatic heterocycles. The first-order chi connectivity index (χ1) is 18.6. The number of carbonyl (C=O) groups is 2. The summed E-state index contributed by atoms with van der Waals surface area (Å²) in [5.74, 6) is -1.15. The third-order valence-electron chi connectivity index (χ3n) is 5.87. The molecule has 40 heavy (non-hydrogen) atoms. The standard InChI is InChI=1S/C26H18F7N3O3S/c1-13-8-17(24(27,25(28,29)30)26(31,32)33)9-14(2)19(13)36-22(37)16-10-18(40-11-16)35-23(38)20-21(39-12-34-20)15-6-4-3-5-7-15/h3-12H,1-2H3,(H,35,38)(H,36,37). The van der Waals surface area contributed by atoms with Gasteiger partial charge in [-0.25, -0.2) is 9.37 Å². The molecule has 0 radical (unpaired) electrons. The summed E-state index contributed by atoms with van der Waals surface area (Å²) in [7, 11) is 0. The average molecular weight is 586 g/mol. The Kier molecular flexibility index (Phi) is 7.49. The van der Waals surface area contributed by atoms with E-state index in [1.165, 1.54) is 11.4 Å². The topological polar surface area (TPSA) is 84.2 Å². The van der Waals surface area contributed by atoms with Gasteiger partial charge in [0.1, 0.15) is 0 Å². The number of halogens is 7. The van der Waals surface area contributed by atoms with Crippen molar-refractivity contribution >= 4 is 33.8 Å². The van der Waals surface area contributed by atoms with Crippen molar-refractivity contribution < 1.29 is 44.7 Å². The van der Waals surface area contributed by atoms with E-state index in [1.54, 1.807) is 30.3 Å². The lowest BCUT2D eigenvalue weighted by molar-refractivity contribution is -0.348. The number of aryl methyl sites for hydroxylation is 2. The molecule has 2 amide bonds. The van der Waals surface area contributed by atoms with Crippen molar-refractivity contribution in [2.45, 2.75) is 31.9 Å². The second-order valence-corrected chi connectivity index (χ2v) is 9.55. The van der Waals surface area contributed by atoms with Gasteiger partial charge in [0.15, 0.2) is 17.8 Å². The Labute approximate surface area is 225 Å². The molecule has 0 bridgehead atoms. The number of hydrogen-bond acceptors (Lipinski definition) is 5. The first-order valence-corrected chi connectivity index (χ1v) is 12.2. The summed E-state index contributed by atoms with van der Waals surface area (Å²) in [5, 5.41) is 6.64. The number of hydrogen-bond donors (Lipinski definition) is 2. The Morgan fingerprint density at radius 2 is 1.45 bits per heavy atom. The van der Waals surface area contributed by atoms with E-state index < -0.39 is 35.4 Å². The number of nitrogens with zero attached hydrogens (tertiary/aromatic N) is 1. The summed E-state index contributed by atoms with van der Waals surface area (Å²) in [6.07, 6.45) is -11.4. The van der Waals surface area contributed by atoms with Crippen LogP contribution in [0.5, 0.6) is 0 Å². The Balaban J connectivity index is 1.52. The molecule has 0 aliphatic heterocycles. The molecule has 0 saturated carbocycles. The first kappa shape index (κ1) is 28.8. The molecule has 2 aromatic carbocycles. The fourth-order valence-electron chi connectivity index (χ4n) is 3.93. The monoisotopic (exact) mass is 585 g/mol. The number of anilines is 2. The van der Waals surface area contributed by atoms with Crippen LogP contribution in [0.1, 0.15) is 37.5 Å². The van der Waals surface area contributed by atoms with Crippen molar-refractivity contribution in [1.29, 1.82) is 0 Å². The predicted octanol–water partition coefficient (Wildman–Crippen LogP) is 7.81. The van der Waals surface area contributed by atoms with Crippen LogP contribution in [-0.2, 0) is 5.67 Å². The highest BCUT2D eigenvalue weighted by atomic mass is 32.1. The van der Waals surface area contributed by atoms with Crippen molar-refractivity contribution in [3.8, 4) is 11.3 Å². The van der Waals surface area contributed by atoms with E-state index in [0.29, 0.717) is 17.7 Å². The average Bonchev–Trinajstić information content (AvgIpc) is 3.55. The van der Waals surface area contributed by atoms with E-state index in [9.17, 15) is 40.3 Å². The van der Waals surface area contributed by atoms with E-state index >= 15 is 0 Å². The molecule has 0 aliphatic carbocycles. The van der Waals surface area contributed by atoms with Gasteiger partial charge in [0, 0.05) is 22.2 Å². The van der Waals surface area contributed by atoms with Crippen LogP contribution in [0.3, 0.4) is 0 Å². The van der Waals surface area contributed by atoms with Crippen LogP contribution in [0.15, 0.2) is 64.7 Å². The van der Waals surface area contributed by atoms with E-state index in [1.807, 2.05) is 0 Å². The van der Waals surface area contributed by atoms with Crippen LogP contribution in [0.4, 0.5) is 41.4 Å². The number of benzene rings is 2. The molecule has 210 valence electrons. The van der Waals surface area contributed by atoms with Gasteiger partial charge in [0.2, 0.25) is 0 Å². The van der Waals surface area contributed by atoms with Crippen LogP contribution in [0.2, 0.25) is 0 Å². The number of aromatic nitrogens is 1. The largest absolute Gasteiger partial charge is 0.443 e. The lowest BCUT2D eigenvalue weighted by Crippen LogP contribution is -2.50. The van der Waals surface area contributed by atoms with Crippen molar-refractivity contribution in [3.05, 3.63) is 88.3 Å². The summed E-state index contributed by atoms with van der Waals surface area (Å²) >= 11 is 0.985. The molecule has 0 saturated heterocycles. The SMILES string of the molecule is Cc1cc(C(F)(C(F)(F)F)C(F)(F)F)cc(C)c1NC(=O)c1csc(NC(=O)c2ncoc2-c2ccccc2)c1. The highest BCUT2D eigenvalue weighted by Gasteiger charge is 2.73. The summed E-state index contributed by atoms with van der Waals surface area (Å²) in [4.78, 5) is 29.5. The molecule has 0 spiro atoms. The van der Waals surface area contributed by atoms with E-state index in [4.69, 9.17) is 4.42 Å². The lowest BCUT2D eigenvalue weighted by atomic mass is 9.90. The zero-order valence-corrected chi connectivity index (χ0v) is 21.3. The van der Waals surface area contributed by atoms with Gasteiger partial charge in [-0.1, -0.05) is 42.5 Å². The maximum Gasteiger partial charge on any atom is 0.435 e. The summed E-state index contributed by atoms with van der Waals surface area (Å²) in [6.45, 7) is 2.28. The molecule has 4 rings (SSSR count). The van der Waals surface area contributed by atoms with Crippen molar-refractivity contribution in [2.75, 3.05) is 10.6 Å². The lowest BCUT2D eigenvalue weighted by Gasteiger charge is -2.31. The number of rotatable bonds is 6. The maximum atomic E-state index is 14.5. The molecule has 0 aliphatic rings. The van der Waals surface area contributed by atoms with Crippen LogP contribution in [0, 0.1) is 13.8 Å². The molecule has 0 atom stereocenters. The molecular weight excluding hydrogens is 567 g/mol. The minimum absolute atomic E-state index is 0.00130. The first-order valence-electron chi connectivity index (χ1n) is 11.3. The fourth-order valence-corrected chi connectivity index (χ4v) is 4.70. The summed E-state index contributed by atoms with van der Waals surface area (Å²) < 4.78 is 98.9. The summed E-state index contributed by atoms with van der Waals surface area (Å²) in [6, 6.07) is 10.8. The maximum absolute atomic E-state index is 14.5. The van der Waals surface area contributed by atoms with E-state index in [-0.39, 0.29) is 38.8 Å². The molecular formula is C26H18F7N3O3S. The smallest absolute Gasteiger partial charge is 0.435 e. The van der Waals surface area contributed by atoms with Crippen molar-refractivity contribution in [2.24, 2.45) is 0 Å². The Hall–Kier alpha value is -4.20. The quantitative estimate of drug-likeness (QED) is 0.226. The third-order valence-corrected chi connectivity index (χ3v) is 6.71. The van der Waals surface area contributed by atoms with Gasteiger partial charge in [0.25, 0.3) is 11.8 Å². The number of alkyl halides is 7. The number of carbonyl (C=O) groups excluding carboxylic acids is 2. The van der Waals surface area contributed by atoms with Gasteiger partial charge >= 0.3 is 18.0 Å². The number of amides is 2. The van der Waals surface area contributed by atoms with Gasteiger partial charge in [-0.2, -0.15) is 26.3 Å². The normalized spacial score (nSPS) is 12.3. The molecule has 0 unspecified atom stereocenters. The highest BCUT2D eigenvalue weighted by Crippen LogP contribution is 2.53. The van der Waals surface area contributed by atoms with Crippen LogP contribution in [0.25, 0.3) is 11.3 Å². The zero-order chi connectivity index (χ0) is 29.5. The van der Waals surface area contributed by atoms with Gasteiger partial charge in [-0.3, -0.25) is 9.59 Å².